The third kappa shape index (κ3) is 2.71. The lowest BCUT2D eigenvalue weighted by Gasteiger charge is -2.01. The lowest BCUT2D eigenvalue weighted by molar-refractivity contribution is -0.113. The molecule has 0 spiro atoms. The molecule has 12 heavy (non-hydrogen) atoms. The maximum atomic E-state index is 10.8. The number of aromatic nitrogens is 1. The first-order valence-electron chi connectivity index (χ1n) is 3.24. The Labute approximate surface area is 80.6 Å². The minimum Gasteiger partial charge on any atom is -0.325 e. The Morgan fingerprint density at radius 2 is 2.50 bits per heavy atom. The molecule has 0 saturated heterocycles. The summed E-state index contributed by atoms with van der Waals surface area (Å²) < 4.78 is 0. The second-order valence-corrected chi connectivity index (χ2v) is 2.78. The van der Waals surface area contributed by atoms with Gasteiger partial charge in [0, 0.05) is 11.9 Å². The summed E-state index contributed by atoms with van der Waals surface area (Å²) in [5.74, 6) is -0.0134. The molecule has 0 atom stereocenters. The minimum absolute atomic E-state index is 0.153. The number of nitrogens with zero attached hydrogens (tertiary/aromatic N) is 1. The van der Waals surface area contributed by atoms with Crippen molar-refractivity contribution in [2.75, 3.05) is 11.1 Å². The molecule has 3 nitrogen and oxygen atoms in total. The molecule has 64 valence electrons. The number of hydrogen-bond donors (Lipinski definition) is 2. The second kappa shape index (κ2) is 4.33. The monoisotopic (exact) mass is 202 g/mol. The van der Waals surface area contributed by atoms with Gasteiger partial charge in [-0.1, -0.05) is 11.6 Å². The summed E-state index contributed by atoms with van der Waals surface area (Å²) in [5.41, 5.74) is 0.633. The first-order valence-corrected chi connectivity index (χ1v) is 4.25. The van der Waals surface area contributed by atoms with Crippen LogP contribution >= 0.6 is 24.2 Å². The molecule has 1 amide bonds. The van der Waals surface area contributed by atoms with E-state index in [1.165, 1.54) is 6.20 Å². The maximum absolute atomic E-state index is 10.8. The Bertz CT molecular complexity index is 292. The zero-order valence-electron chi connectivity index (χ0n) is 6.12. The Balaban J connectivity index is 2.69. The fourth-order valence-corrected chi connectivity index (χ4v) is 0.934. The molecule has 1 heterocycles. The van der Waals surface area contributed by atoms with E-state index >= 15 is 0 Å². The van der Waals surface area contributed by atoms with Gasteiger partial charge in [-0.2, -0.15) is 12.6 Å². The number of hydrogen-bond acceptors (Lipinski definition) is 3. The summed E-state index contributed by atoms with van der Waals surface area (Å²) in [5, 5.41) is 2.95. The van der Waals surface area contributed by atoms with Crippen molar-refractivity contribution in [1.29, 1.82) is 0 Å². The molecule has 1 N–H and O–H groups in total. The smallest absolute Gasteiger partial charge is 0.234 e. The zero-order chi connectivity index (χ0) is 8.97. The van der Waals surface area contributed by atoms with Crippen LogP contribution in [0.4, 0.5) is 5.69 Å². The van der Waals surface area contributed by atoms with Crippen molar-refractivity contribution in [2.24, 2.45) is 0 Å². The summed E-state index contributed by atoms with van der Waals surface area (Å²) in [7, 11) is 0. The standard InChI is InChI=1S/C7H7ClN2OS/c8-6-3-5(1-2-9-6)10-7(11)4-12/h1-3,12H,4H2,(H,9,10,11). The number of rotatable bonds is 2. The van der Waals surface area contributed by atoms with E-state index in [2.05, 4.69) is 22.9 Å². The Hall–Kier alpha value is -0.740. The van der Waals surface area contributed by atoms with Crippen LogP contribution in [0.2, 0.25) is 5.15 Å². The van der Waals surface area contributed by atoms with E-state index in [1.807, 2.05) is 0 Å². The number of anilines is 1. The Morgan fingerprint density at radius 3 is 3.08 bits per heavy atom. The lowest BCUT2D eigenvalue weighted by Crippen LogP contribution is -2.12. The molecule has 1 rings (SSSR count). The number of nitrogens with one attached hydrogen (secondary N) is 1. The molecule has 5 heteroatoms. The van der Waals surface area contributed by atoms with Crippen molar-refractivity contribution in [1.82, 2.24) is 4.98 Å². The molecule has 0 aliphatic rings. The van der Waals surface area contributed by atoms with Gasteiger partial charge in [-0.3, -0.25) is 4.79 Å². The van der Waals surface area contributed by atoms with Crippen molar-refractivity contribution in [2.45, 2.75) is 0 Å². The topological polar surface area (TPSA) is 42.0 Å². The second-order valence-electron chi connectivity index (χ2n) is 2.07. The maximum Gasteiger partial charge on any atom is 0.234 e. The molecule has 0 unspecified atom stereocenters. The van der Waals surface area contributed by atoms with Crippen molar-refractivity contribution < 1.29 is 4.79 Å². The largest absolute Gasteiger partial charge is 0.325 e. The number of carbonyl (C=O) groups is 1. The molecule has 0 aliphatic heterocycles. The van der Waals surface area contributed by atoms with Gasteiger partial charge in [0.15, 0.2) is 0 Å². The van der Waals surface area contributed by atoms with Gasteiger partial charge < -0.3 is 5.32 Å². The SMILES string of the molecule is O=C(CS)Nc1ccnc(Cl)c1. The highest BCUT2D eigenvalue weighted by atomic mass is 35.5. The van der Waals surface area contributed by atoms with Crippen molar-refractivity contribution in [3.05, 3.63) is 23.5 Å². The Kier molecular flexibility index (Phi) is 3.37. The predicted octanol–water partition coefficient (Wildman–Crippen LogP) is 1.60. The molecular weight excluding hydrogens is 196 g/mol. The van der Waals surface area contributed by atoms with Crippen molar-refractivity contribution in [3.63, 3.8) is 0 Å². The number of thiol groups is 1. The van der Waals surface area contributed by atoms with E-state index in [0.717, 1.165) is 0 Å². The average molecular weight is 203 g/mol. The summed E-state index contributed by atoms with van der Waals surface area (Å²) in [6.45, 7) is 0. The normalized spacial score (nSPS) is 9.50. The summed E-state index contributed by atoms with van der Waals surface area (Å²) in [6.07, 6.45) is 1.52. The van der Waals surface area contributed by atoms with E-state index in [1.54, 1.807) is 12.1 Å². The molecule has 1 aromatic heterocycles. The predicted molar refractivity (Wildman–Crippen MR) is 51.7 cm³/mol. The van der Waals surface area contributed by atoms with Crippen LogP contribution in [-0.4, -0.2) is 16.6 Å². The van der Waals surface area contributed by atoms with Crippen LogP contribution in [0.25, 0.3) is 0 Å². The van der Waals surface area contributed by atoms with Crippen LogP contribution in [0.1, 0.15) is 0 Å². The molecular formula is C7H7ClN2OS. The van der Waals surface area contributed by atoms with Crippen molar-refractivity contribution in [3.8, 4) is 0 Å². The number of amides is 1. The van der Waals surface area contributed by atoms with E-state index in [0.29, 0.717) is 10.8 Å². The molecule has 0 fully saturated rings. The molecule has 0 radical (unpaired) electrons. The minimum atomic E-state index is -0.166. The fourth-order valence-electron chi connectivity index (χ4n) is 0.681. The van der Waals surface area contributed by atoms with E-state index in [-0.39, 0.29) is 11.7 Å². The van der Waals surface area contributed by atoms with Gasteiger partial charge in [-0.05, 0) is 12.1 Å². The average Bonchev–Trinajstić information content (AvgIpc) is 2.04. The third-order valence-electron chi connectivity index (χ3n) is 1.15. The van der Waals surface area contributed by atoms with E-state index < -0.39 is 0 Å². The van der Waals surface area contributed by atoms with Crippen LogP contribution in [0.15, 0.2) is 18.3 Å². The quantitative estimate of drug-likeness (QED) is 0.565. The number of carbonyl (C=O) groups excluding carboxylic acids is 1. The molecule has 0 aromatic carbocycles. The molecule has 0 bridgehead atoms. The van der Waals surface area contributed by atoms with Gasteiger partial charge in [-0.15, -0.1) is 0 Å². The van der Waals surface area contributed by atoms with Gasteiger partial charge in [-0.25, -0.2) is 4.98 Å². The summed E-state index contributed by atoms with van der Waals surface area (Å²) >= 11 is 9.40. The number of pyridine rings is 1. The van der Waals surface area contributed by atoms with Crippen LogP contribution in [0.3, 0.4) is 0 Å². The number of halogens is 1. The third-order valence-corrected chi connectivity index (χ3v) is 1.65. The highest BCUT2D eigenvalue weighted by molar-refractivity contribution is 7.81. The van der Waals surface area contributed by atoms with Gasteiger partial charge in [0.25, 0.3) is 0 Å². The summed E-state index contributed by atoms with van der Waals surface area (Å²) in [4.78, 5) is 14.6. The van der Waals surface area contributed by atoms with E-state index in [4.69, 9.17) is 11.6 Å². The van der Waals surface area contributed by atoms with Crippen LogP contribution in [-0.2, 0) is 4.79 Å². The highest BCUT2D eigenvalue weighted by Gasteiger charge is 1.98. The molecule has 0 saturated carbocycles. The van der Waals surface area contributed by atoms with Crippen LogP contribution in [0.5, 0.6) is 0 Å². The fraction of sp³-hybridized carbons (Fsp3) is 0.143. The molecule has 0 aliphatic carbocycles. The molecule has 1 aromatic rings. The first-order chi connectivity index (χ1) is 5.72. The van der Waals surface area contributed by atoms with Crippen molar-refractivity contribution >= 4 is 35.8 Å². The van der Waals surface area contributed by atoms with Gasteiger partial charge in [0.2, 0.25) is 5.91 Å². The van der Waals surface area contributed by atoms with E-state index in [9.17, 15) is 4.79 Å². The lowest BCUT2D eigenvalue weighted by atomic mass is 10.4. The van der Waals surface area contributed by atoms with Gasteiger partial charge in [0.1, 0.15) is 5.15 Å². The highest BCUT2D eigenvalue weighted by Crippen LogP contribution is 2.11. The van der Waals surface area contributed by atoms with Crippen LogP contribution < -0.4 is 5.32 Å². The van der Waals surface area contributed by atoms with Gasteiger partial charge >= 0.3 is 0 Å². The first kappa shape index (κ1) is 9.35. The summed E-state index contributed by atoms with van der Waals surface area (Å²) in [6, 6.07) is 3.23. The zero-order valence-corrected chi connectivity index (χ0v) is 7.77. The van der Waals surface area contributed by atoms with Gasteiger partial charge in [0.05, 0.1) is 5.75 Å². The van der Waals surface area contributed by atoms with Crippen LogP contribution in [0, 0.1) is 0 Å². The Morgan fingerprint density at radius 1 is 1.75 bits per heavy atom.